The summed E-state index contributed by atoms with van der Waals surface area (Å²) in [5.41, 5.74) is 10.6. The Labute approximate surface area is 124 Å². The summed E-state index contributed by atoms with van der Waals surface area (Å²) < 4.78 is 0. The number of hydrogen-bond donors (Lipinski definition) is 5. The Morgan fingerprint density at radius 1 is 0.952 bits per heavy atom. The third-order valence-corrected chi connectivity index (χ3v) is 3.05. The molecule has 0 fully saturated rings. The number of aliphatic hydroxyl groups is 1. The molecule has 0 saturated heterocycles. The second-order valence-electron chi connectivity index (χ2n) is 5.65. The fraction of sp³-hybridized carbons (Fsp3) is 0.769. The highest BCUT2D eigenvalue weighted by molar-refractivity contribution is 5.92. The molecule has 0 spiro atoms. The first kappa shape index (κ1) is 19.3. The lowest BCUT2D eigenvalue weighted by Gasteiger charge is -2.26. The van der Waals surface area contributed by atoms with E-state index in [0.29, 0.717) is 0 Å². The lowest BCUT2D eigenvalue weighted by atomic mass is 9.99. The van der Waals surface area contributed by atoms with Crippen LogP contribution in [0.4, 0.5) is 0 Å². The summed E-state index contributed by atoms with van der Waals surface area (Å²) in [5, 5.41) is 13.8. The summed E-state index contributed by atoms with van der Waals surface area (Å²) in [6.45, 7) is 6.46. The van der Waals surface area contributed by atoms with Crippen LogP contribution in [-0.4, -0.2) is 47.6 Å². The normalized spacial score (nSPS) is 15.4. The highest BCUT2D eigenvalue weighted by Crippen LogP contribution is 2.06. The van der Waals surface area contributed by atoms with E-state index in [9.17, 15) is 14.4 Å². The van der Waals surface area contributed by atoms with Crippen molar-refractivity contribution < 1.29 is 19.5 Å². The van der Waals surface area contributed by atoms with Gasteiger partial charge in [-0.25, -0.2) is 0 Å². The van der Waals surface area contributed by atoms with Gasteiger partial charge >= 0.3 is 0 Å². The average molecular weight is 302 g/mol. The third-order valence-electron chi connectivity index (χ3n) is 3.05. The van der Waals surface area contributed by atoms with Gasteiger partial charge in [-0.15, -0.1) is 0 Å². The number of primary amides is 1. The van der Waals surface area contributed by atoms with Crippen LogP contribution in [0.3, 0.4) is 0 Å². The highest BCUT2D eigenvalue weighted by Gasteiger charge is 2.30. The molecule has 3 atom stereocenters. The van der Waals surface area contributed by atoms with E-state index in [4.69, 9.17) is 16.6 Å². The van der Waals surface area contributed by atoms with Crippen LogP contribution < -0.4 is 22.1 Å². The SMILES string of the molecule is CC(C)[C@H](NC(=O)[C@@H](NC(=O)[C@@H](N)CO)C(C)C)C(N)=O. The molecule has 122 valence electrons. The van der Waals surface area contributed by atoms with Gasteiger partial charge in [0.05, 0.1) is 6.61 Å². The fourth-order valence-electron chi connectivity index (χ4n) is 1.69. The maximum absolute atomic E-state index is 12.2. The highest BCUT2D eigenvalue weighted by atomic mass is 16.3. The van der Waals surface area contributed by atoms with Gasteiger partial charge in [0.1, 0.15) is 18.1 Å². The van der Waals surface area contributed by atoms with E-state index in [2.05, 4.69) is 10.6 Å². The van der Waals surface area contributed by atoms with Gasteiger partial charge in [0, 0.05) is 0 Å². The Balaban J connectivity index is 4.92. The fourth-order valence-corrected chi connectivity index (χ4v) is 1.69. The van der Waals surface area contributed by atoms with Gasteiger partial charge in [0.25, 0.3) is 0 Å². The van der Waals surface area contributed by atoms with Crippen LogP contribution in [0.1, 0.15) is 27.7 Å². The van der Waals surface area contributed by atoms with Gasteiger partial charge in [0.15, 0.2) is 0 Å². The summed E-state index contributed by atoms with van der Waals surface area (Å²) in [6, 6.07) is -2.78. The van der Waals surface area contributed by atoms with Crippen molar-refractivity contribution in [3.8, 4) is 0 Å². The lowest BCUT2D eigenvalue weighted by molar-refractivity contribution is -0.133. The van der Waals surface area contributed by atoms with E-state index in [1.165, 1.54) is 0 Å². The molecule has 0 aliphatic heterocycles. The van der Waals surface area contributed by atoms with Crippen LogP contribution in [0.25, 0.3) is 0 Å². The molecule has 0 bridgehead atoms. The molecule has 0 unspecified atom stereocenters. The van der Waals surface area contributed by atoms with Crippen molar-refractivity contribution in [1.29, 1.82) is 0 Å². The van der Waals surface area contributed by atoms with E-state index in [1.54, 1.807) is 27.7 Å². The van der Waals surface area contributed by atoms with Gasteiger partial charge in [-0.3, -0.25) is 14.4 Å². The van der Waals surface area contributed by atoms with Gasteiger partial charge in [-0.05, 0) is 11.8 Å². The molecule has 0 aromatic carbocycles. The Morgan fingerprint density at radius 2 is 1.38 bits per heavy atom. The smallest absolute Gasteiger partial charge is 0.243 e. The Hall–Kier alpha value is -1.67. The molecule has 3 amide bonds. The molecule has 8 nitrogen and oxygen atoms in total. The molecule has 0 aliphatic carbocycles. The average Bonchev–Trinajstić information content (AvgIpc) is 2.39. The number of carbonyl (C=O) groups is 3. The van der Waals surface area contributed by atoms with Gasteiger partial charge in [0.2, 0.25) is 17.7 Å². The second kappa shape index (κ2) is 8.58. The maximum Gasteiger partial charge on any atom is 0.243 e. The number of nitrogens with two attached hydrogens (primary N) is 2. The van der Waals surface area contributed by atoms with E-state index in [0.717, 1.165) is 0 Å². The summed E-state index contributed by atoms with van der Waals surface area (Å²) in [5.74, 6) is -2.18. The number of carbonyl (C=O) groups excluding carboxylic acids is 3. The van der Waals surface area contributed by atoms with Crippen molar-refractivity contribution in [3.63, 3.8) is 0 Å². The molecule has 0 aliphatic rings. The summed E-state index contributed by atoms with van der Waals surface area (Å²) in [4.78, 5) is 35.2. The van der Waals surface area contributed by atoms with Crippen LogP contribution in [0.15, 0.2) is 0 Å². The minimum Gasteiger partial charge on any atom is -0.394 e. The number of hydrogen-bond acceptors (Lipinski definition) is 5. The molecule has 0 heterocycles. The summed E-state index contributed by atoms with van der Waals surface area (Å²) in [6.07, 6.45) is 0. The lowest BCUT2D eigenvalue weighted by Crippen LogP contribution is -2.58. The second-order valence-corrected chi connectivity index (χ2v) is 5.65. The van der Waals surface area contributed by atoms with Crippen LogP contribution >= 0.6 is 0 Å². The molecular weight excluding hydrogens is 276 g/mol. The predicted octanol–water partition coefficient (Wildman–Crippen LogP) is -1.93. The van der Waals surface area contributed by atoms with Crippen LogP contribution in [-0.2, 0) is 14.4 Å². The molecule has 21 heavy (non-hydrogen) atoms. The monoisotopic (exact) mass is 302 g/mol. The number of nitrogens with one attached hydrogen (secondary N) is 2. The van der Waals surface area contributed by atoms with Crippen molar-refractivity contribution in [2.75, 3.05) is 6.61 Å². The number of aliphatic hydroxyl groups excluding tert-OH is 1. The van der Waals surface area contributed by atoms with Gasteiger partial charge < -0.3 is 27.2 Å². The largest absolute Gasteiger partial charge is 0.394 e. The Kier molecular flexibility index (Phi) is 7.90. The van der Waals surface area contributed by atoms with Crippen molar-refractivity contribution in [1.82, 2.24) is 10.6 Å². The zero-order valence-corrected chi connectivity index (χ0v) is 12.9. The van der Waals surface area contributed by atoms with Crippen LogP contribution in [0.2, 0.25) is 0 Å². The topological polar surface area (TPSA) is 148 Å². The molecule has 0 saturated carbocycles. The van der Waals surface area contributed by atoms with Crippen LogP contribution in [0.5, 0.6) is 0 Å². The van der Waals surface area contributed by atoms with Crippen molar-refractivity contribution >= 4 is 17.7 Å². The first-order valence-corrected chi connectivity index (χ1v) is 6.88. The summed E-state index contributed by atoms with van der Waals surface area (Å²) >= 11 is 0. The predicted molar refractivity (Wildman–Crippen MR) is 77.8 cm³/mol. The Morgan fingerprint density at radius 3 is 1.71 bits per heavy atom. The van der Waals surface area contributed by atoms with Crippen molar-refractivity contribution in [3.05, 3.63) is 0 Å². The van der Waals surface area contributed by atoms with Gasteiger partial charge in [-0.1, -0.05) is 27.7 Å². The van der Waals surface area contributed by atoms with E-state index >= 15 is 0 Å². The minimum absolute atomic E-state index is 0.172. The Bertz CT molecular complexity index is 384. The first-order valence-electron chi connectivity index (χ1n) is 6.88. The third kappa shape index (κ3) is 6.09. The summed E-state index contributed by atoms with van der Waals surface area (Å²) in [7, 11) is 0. The van der Waals surface area contributed by atoms with E-state index < -0.39 is 42.5 Å². The molecular formula is C13H26N4O4. The van der Waals surface area contributed by atoms with E-state index in [1.807, 2.05) is 0 Å². The van der Waals surface area contributed by atoms with E-state index in [-0.39, 0.29) is 11.8 Å². The molecule has 0 rings (SSSR count). The molecule has 0 radical (unpaired) electrons. The van der Waals surface area contributed by atoms with Crippen molar-refractivity contribution in [2.24, 2.45) is 23.3 Å². The molecule has 0 aromatic rings. The number of amides is 3. The quantitative estimate of drug-likeness (QED) is 0.354. The zero-order valence-electron chi connectivity index (χ0n) is 12.9. The minimum atomic E-state index is -1.10. The van der Waals surface area contributed by atoms with Crippen LogP contribution in [0, 0.1) is 11.8 Å². The van der Waals surface area contributed by atoms with Gasteiger partial charge in [-0.2, -0.15) is 0 Å². The van der Waals surface area contributed by atoms with Crippen molar-refractivity contribution in [2.45, 2.75) is 45.8 Å². The molecule has 8 heteroatoms. The maximum atomic E-state index is 12.2. The molecule has 7 N–H and O–H groups in total. The molecule has 0 aromatic heterocycles. The first-order chi connectivity index (χ1) is 9.61. The number of rotatable bonds is 8. The zero-order chi connectivity index (χ0) is 16.7. The standard InChI is InChI=1S/C13H26N4O4/c1-6(2)9(11(15)19)16-13(21)10(7(3)4)17-12(20)8(14)5-18/h6-10,18H,5,14H2,1-4H3,(H2,15,19)(H,16,21)(H,17,20)/t8-,9-,10-/m0/s1.